The van der Waals surface area contributed by atoms with E-state index in [1.807, 2.05) is 0 Å². The lowest BCUT2D eigenvalue weighted by atomic mass is 9.89. The molecule has 0 amide bonds. The summed E-state index contributed by atoms with van der Waals surface area (Å²) in [4.78, 5) is 23.9. The van der Waals surface area contributed by atoms with Gasteiger partial charge in [0.15, 0.2) is 0 Å². The second kappa shape index (κ2) is 7.94. The zero-order valence-corrected chi connectivity index (χ0v) is 13.1. The molecule has 2 aromatic rings. The Bertz CT molecular complexity index is 717. The molecule has 0 aliphatic rings. The van der Waals surface area contributed by atoms with Gasteiger partial charge in [-0.1, -0.05) is 60.7 Å². The third kappa shape index (κ3) is 4.90. The highest BCUT2D eigenvalue weighted by molar-refractivity contribution is 5.95. The van der Waals surface area contributed by atoms with Gasteiger partial charge in [-0.25, -0.2) is 0 Å². The van der Waals surface area contributed by atoms with E-state index in [4.69, 9.17) is 10.5 Å². The molecule has 0 saturated heterocycles. The van der Waals surface area contributed by atoms with Crippen LogP contribution >= 0.6 is 0 Å². The van der Waals surface area contributed by atoms with Crippen molar-refractivity contribution in [1.29, 1.82) is 0 Å². The Kier molecular flexibility index (Phi) is 5.93. The normalized spacial score (nSPS) is 13.8. The summed E-state index contributed by atoms with van der Waals surface area (Å²) in [5, 5.41) is 0. The van der Waals surface area contributed by atoms with Crippen LogP contribution < -0.4 is 5.73 Å². The second-order valence-electron chi connectivity index (χ2n) is 5.37. The summed E-state index contributed by atoms with van der Waals surface area (Å²) in [5.41, 5.74) is 6.33. The second-order valence-corrected chi connectivity index (χ2v) is 5.37. The first-order valence-electron chi connectivity index (χ1n) is 7.43. The predicted octanol–water partition coefficient (Wildman–Crippen LogP) is 2.97. The third-order valence-corrected chi connectivity index (χ3v) is 3.58. The van der Waals surface area contributed by atoms with Gasteiger partial charge in [-0.15, -0.1) is 0 Å². The first-order valence-corrected chi connectivity index (χ1v) is 7.43. The average Bonchev–Trinajstić information content (AvgIpc) is 2.60. The number of carbonyl (C=O) groups excluding carboxylic acids is 2. The Morgan fingerprint density at radius 1 is 0.960 bits per heavy atom. The summed E-state index contributed by atoms with van der Waals surface area (Å²) in [5.74, 6) is -4.70. The van der Waals surface area contributed by atoms with Gasteiger partial charge in [-0.3, -0.25) is 9.59 Å². The minimum absolute atomic E-state index is 0.129. The van der Waals surface area contributed by atoms with Gasteiger partial charge >= 0.3 is 12.1 Å². The maximum absolute atomic E-state index is 12.7. The van der Waals surface area contributed by atoms with Crippen molar-refractivity contribution < 1.29 is 27.5 Å². The van der Waals surface area contributed by atoms with Crippen molar-refractivity contribution in [3.8, 4) is 0 Å². The molecule has 0 fully saturated rings. The molecule has 132 valence electrons. The Balaban J connectivity index is 2.22. The summed E-state index contributed by atoms with van der Waals surface area (Å²) in [6.07, 6.45) is -5.13. The van der Waals surface area contributed by atoms with Crippen molar-refractivity contribution in [2.75, 3.05) is 0 Å². The quantitative estimate of drug-likeness (QED) is 0.813. The topological polar surface area (TPSA) is 69.4 Å². The minimum Gasteiger partial charge on any atom is -0.460 e. The Morgan fingerprint density at radius 3 is 2.00 bits per heavy atom. The predicted molar refractivity (Wildman–Crippen MR) is 84.5 cm³/mol. The van der Waals surface area contributed by atoms with Gasteiger partial charge in [0, 0.05) is 0 Å². The lowest BCUT2D eigenvalue weighted by Crippen LogP contribution is -2.47. The van der Waals surface area contributed by atoms with Crippen LogP contribution in [-0.2, 0) is 20.9 Å². The molecule has 0 spiro atoms. The van der Waals surface area contributed by atoms with E-state index in [2.05, 4.69) is 0 Å². The molecule has 0 aromatic heterocycles. The first-order chi connectivity index (χ1) is 11.8. The molecule has 0 aliphatic heterocycles. The molecule has 2 N–H and O–H groups in total. The van der Waals surface area contributed by atoms with E-state index < -0.39 is 29.9 Å². The lowest BCUT2D eigenvalue weighted by molar-refractivity contribution is -0.174. The fourth-order valence-corrected chi connectivity index (χ4v) is 2.31. The van der Waals surface area contributed by atoms with E-state index in [0.29, 0.717) is 5.56 Å². The smallest absolute Gasteiger partial charge is 0.451 e. The van der Waals surface area contributed by atoms with Gasteiger partial charge in [0.2, 0.25) is 0 Å². The van der Waals surface area contributed by atoms with E-state index in [1.54, 1.807) is 36.4 Å². The third-order valence-electron chi connectivity index (χ3n) is 3.58. The average molecular weight is 351 g/mol. The Morgan fingerprint density at radius 2 is 1.48 bits per heavy atom. The largest absolute Gasteiger partial charge is 0.460 e. The fraction of sp³-hybridized carbons (Fsp3) is 0.222. The SMILES string of the molecule is N[C@H](C(=O)C(F)(F)F)C(C(=O)OCc1ccccc1)c1ccccc1. The van der Waals surface area contributed by atoms with Crippen LogP contribution in [0.4, 0.5) is 13.2 Å². The lowest BCUT2D eigenvalue weighted by Gasteiger charge is -2.22. The summed E-state index contributed by atoms with van der Waals surface area (Å²) in [7, 11) is 0. The van der Waals surface area contributed by atoms with Crippen LogP contribution in [0.25, 0.3) is 0 Å². The zero-order valence-electron chi connectivity index (χ0n) is 13.1. The molecule has 7 heteroatoms. The number of ether oxygens (including phenoxy) is 1. The number of halogens is 3. The number of carbonyl (C=O) groups is 2. The summed E-state index contributed by atoms with van der Waals surface area (Å²) < 4.78 is 43.2. The molecule has 2 rings (SSSR count). The standard InChI is InChI=1S/C18H16F3NO3/c19-18(20,21)16(23)15(22)14(13-9-5-2-6-10-13)17(24)25-11-12-7-3-1-4-8-12/h1-10,14-15H,11,22H2/t14?,15-/m0/s1. The number of rotatable bonds is 6. The molecule has 0 radical (unpaired) electrons. The van der Waals surface area contributed by atoms with Crippen LogP contribution in [0.1, 0.15) is 17.0 Å². The van der Waals surface area contributed by atoms with Crippen LogP contribution in [0.15, 0.2) is 60.7 Å². The van der Waals surface area contributed by atoms with Gasteiger partial charge in [-0.05, 0) is 11.1 Å². The monoisotopic (exact) mass is 351 g/mol. The van der Waals surface area contributed by atoms with E-state index >= 15 is 0 Å². The van der Waals surface area contributed by atoms with E-state index in [9.17, 15) is 22.8 Å². The van der Waals surface area contributed by atoms with Gasteiger partial charge in [0.25, 0.3) is 5.78 Å². The number of ketones is 1. The maximum atomic E-state index is 12.7. The van der Waals surface area contributed by atoms with Crippen LogP contribution in [-0.4, -0.2) is 24.0 Å². The summed E-state index contributed by atoms with van der Waals surface area (Å²) in [6, 6.07) is 14.1. The number of alkyl halides is 3. The zero-order chi connectivity index (χ0) is 18.4. The minimum atomic E-state index is -5.13. The van der Waals surface area contributed by atoms with Crippen molar-refractivity contribution in [1.82, 2.24) is 0 Å². The molecule has 0 aliphatic carbocycles. The number of nitrogens with two attached hydrogens (primary N) is 1. The highest BCUT2D eigenvalue weighted by atomic mass is 19.4. The highest BCUT2D eigenvalue weighted by Crippen LogP contribution is 2.27. The van der Waals surface area contributed by atoms with Crippen molar-refractivity contribution in [2.45, 2.75) is 24.7 Å². The van der Waals surface area contributed by atoms with Crippen molar-refractivity contribution >= 4 is 11.8 Å². The van der Waals surface area contributed by atoms with E-state index in [1.165, 1.54) is 24.3 Å². The molecular weight excluding hydrogens is 335 g/mol. The molecule has 4 nitrogen and oxygen atoms in total. The van der Waals surface area contributed by atoms with Crippen molar-refractivity contribution in [3.05, 3.63) is 71.8 Å². The van der Waals surface area contributed by atoms with Gasteiger partial charge in [0.05, 0.1) is 6.04 Å². The van der Waals surface area contributed by atoms with Gasteiger partial charge in [-0.2, -0.15) is 13.2 Å². The molecule has 0 heterocycles. The number of hydrogen-bond acceptors (Lipinski definition) is 4. The van der Waals surface area contributed by atoms with Crippen LogP contribution in [0.3, 0.4) is 0 Å². The highest BCUT2D eigenvalue weighted by Gasteiger charge is 2.47. The maximum Gasteiger partial charge on any atom is 0.451 e. The van der Waals surface area contributed by atoms with E-state index in [0.717, 1.165) is 0 Å². The first kappa shape index (κ1) is 18.7. The van der Waals surface area contributed by atoms with Crippen LogP contribution in [0, 0.1) is 0 Å². The Hall–Kier alpha value is -2.67. The summed E-state index contributed by atoms with van der Waals surface area (Å²) >= 11 is 0. The molecule has 2 atom stereocenters. The molecule has 1 unspecified atom stereocenters. The van der Waals surface area contributed by atoms with Crippen LogP contribution in [0.2, 0.25) is 0 Å². The van der Waals surface area contributed by atoms with E-state index in [-0.39, 0.29) is 12.2 Å². The van der Waals surface area contributed by atoms with Gasteiger partial charge in [0.1, 0.15) is 12.5 Å². The molecule has 25 heavy (non-hydrogen) atoms. The fourth-order valence-electron chi connectivity index (χ4n) is 2.31. The number of hydrogen-bond donors (Lipinski definition) is 1. The van der Waals surface area contributed by atoms with Crippen molar-refractivity contribution in [2.24, 2.45) is 5.73 Å². The number of benzene rings is 2. The van der Waals surface area contributed by atoms with Crippen LogP contribution in [0.5, 0.6) is 0 Å². The number of esters is 1. The summed E-state index contributed by atoms with van der Waals surface area (Å²) in [6.45, 7) is -0.129. The molecule has 0 saturated carbocycles. The molecular formula is C18H16F3NO3. The number of Topliss-reactive ketones (excluding diaryl/α,β-unsaturated/α-hetero) is 1. The molecule has 0 bridgehead atoms. The molecule has 2 aromatic carbocycles. The van der Waals surface area contributed by atoms with Crippen molar-refractivity contribution in [3.63, 3.8) is 0 Å². The Labute approximate surface area is 142 Å². The van der Waals surface area contributed by atoms with Gasteiger partial charge < -0.3 is 10.5 Å².